The van der Waals surface area contributed by atoms with Crippen LogP contribution in [0.4, 0.5) is 10.1 Å². The highest BCUT2D eigenvalue weighted by Crippen LogP contribution is 2.31. The Kier molecular flexibility index (Phi) is 4.22. The normalized spacial score (nSPS) is 23.1. The van der Waals surface area contributed by atoms with Gasteiger partial charge in [0, 0.05) is 11.6 Å². The number of halogens is 2. The fraction of sp³-hybridized carbons (Fsp3) is 0.462. The number of thiocarbonyl (C=S) groups is 1. The molecule has 98 valence electrons. The van der Waals surface area contributed by atoms with Gasteiger partial charge in [-0.1, -0.05) is 19.1 Å². The lowest BCUT2D eigenvalue weighted by atomic mass is 10.1. The molecule has 0 saturated heterocycles. The summed E-state index contributed by atoms with van der Waals surface area (Å²) < 4.78 is 14.5. The fourth-order valence-electron chi connectivity index (χ4n) is 2.41. The molecule has 0 aliphatic heterocycles. The highest BCUT2D eigenvalue weighted by atomic mass is 79.9. The van der Waals surface area contributed by atoms with Gasteiger partial charge in [0.25, 0.3) is 0 Å². The number of anilines is 1. The van der Waals surface area contributed by atoms with Crippen molar-refractivity contribution in [3.63, 3.8) is 0 Å². The van der Waals surface area contributed by atoms with Crippen molar-refractivity contribution in [2.75, 3.05) is 5.32 Å². The highest BCUT2D eigenvalue weighted by molar-refractivity contribution is 9.10. The molecule has 0 spiro atoms. The van der Waals surface area contributed by atoms with Crippen molar-refractivity contribution in [3.05, 3.63) is 28.0 Å². The first-order valence-corrected chi connectivity index (χ1v) is 7.23. The molecule has 1 aromatic carbocycles. The van der Waals surface area contributed by atoms with Gasteiger partial charge in [0.05, 0.1) is 10.2 Å². The van der Waals surface area contributed by atoms with Crippen molar-refractivity contribution < 1.29 is 4.39 Å². The van der Waals surface area contributed by atoms with E-state index in [1.807, 2.05) is 0 Å². The minimum Gasteiger partial charge on any atom is -0.389 e. The van der Waals surface area contributed by atoms with Crippen molar-refractivity contribution in [2.24, 2.45) is 11.7 Å². The SMILES string of the molecule is CC1CCC(Nc2ccc(C(N)=S)c(Br)c2F)C1. The molecule has 2 rings (SSSR count). The van der Waals surface area contributed by atoms with E-state index in [0.29, 0.717) is 27.7 Å². The fourth-order valence-corrected chi connectivity index (χ4v) is 3.27. The highest BCUT2D eigenvalue weighted by Gasteiger charge is 2.22. The third-order valence-electron chi connectivity index (χ3n) is 3.40. The van der Waals surface area contributed by atoms with Crippen molar-refractivity contribution in [2.45, 2.75) is 32.2 Å². The molecule has 2 nitrogen and oxygen atoms in total. The molecule has 0 amide bonds. The standard InChI is InChI=1S/C13H16BrFN2S/c1-7-2-3-8(6-7)17-10-5-4-9(13(16)18)11(14)12(10)15/h4-5,7-8,17H,2-3,6H2,1H3,(H2,16,18). The summed E-state index contributed by atoms with van der Waals surface area (Å²) in [6, 6.07) is 3.81. The molecule has 2 unspecified atom stereocenters. The number of hydrogen-bond acceptors (Lipinski definition) is 2. The third kappa shape index (κ3) is 2.83. The molecule has 1 aliphatic rings. The lowest BCUT2D eigenvalue weighted by molar-refractivity contribution is 0.596. The van der Waals surface area contributed by atoms with Crippen LogP contribution in [-0.2, 0) is 0 Å². The molecule has 0 heterocycles. The van der Waals surface area contributed by atoms with Gasteiger partial charge in [0.1, 0.15) is 4.99 Å². The van der Waals surface area contributed by atoms with Crippen LogP contribution < -0.4 is 11.1 Å². The van der Waals surface area contributed by atoms with Gasteiger partial charge < -0.3 is 11.1 Å². The smallest absolute Gasteiger partial charge is 0.161 e. The van der Waals surface area contributed by atoms with Gasteiger partial charge in [-0.25, -0.2) is 4.39 Å². The second kappa shape index (κ2) is 5.53. The van der Waals surface area contributed by atoms with Crippen LogP contribution in [0.1, 0.15) is 31.7 Å². The number of rotatable bonds is 3. The Labute approximate surface area is 120 Å². The molecule has 1 aliphatic carbocycles. The average molecular weight is 331 g/mol. The van der Waals surface area contributed by atoms with Crippen LogP contribution in [0, 0.1) is 11.7 Å². The van der Waals surface area contributed by atoms with Crippen LogP contribution in [0.5, 0.6) is 0 Å². The number of nitrogens with two attached hydrogens (primary N) is 1. The van der Waals surface area contributed by atoms with Crippen molar-refractivity contribution in [1.29, 1.82) is 0 Å². The quantitative estimate of drug-likeness (QED) is 0.827. The van der Waals surface area contributed by atoms with E-state index in [1.54, 1.807) is 12.1 Å². The molecule has 1 aromatic rings. The summed E-state index contributed by atoms with van der Waals surface area (Å²) >= 11 is 8.08. The summed E-state index contributed by atoms with van der Waals surface area (Å²) in [6.45, 7) is 2.23. The zero-order valence-corrected chi connectivity index (χ0v) is 12.6. The largest absolute Gasteiger partial charge is 0.389 e. The van der Waals surface area contributed by atoms with E-state index >= 15 is 0 Å². The molecular weight excluding hydrogens is 315 g/mol. The molecule has 3 N–H and O–H groups in total. The monoisotopic (exact) mass is 330 g/mol. The van der Waals surface area contributed by atoms with Gasteiger partial charge in [0.2, 0.25) is 0 Å². The van der Waals surface area contributed by atoms with E-state index in [2.05, 4.69) is 28.2 Å². The number of hydrogen-bond donors (Lipinski definition) is 2. The summed E-state index contributed by atoms with van der Waals surface area (Å²) in [5.74, 6) is 0.393. The van der Waals surface area contributed by atoms with Crippen LogP contribution in [-0.4, -0.2) is 11.0 Å². The van der Waals surface area contributed by atoms with Crippen LogP contribution in [0.2, 0.25) is 0 Å². The molecule has 18 heavy (non-hydrogen) atoms. The second-order valence-electron chi connectivity index (χ2n) is 4.91. The zero-order valence-electron chi connectivity index (χ0n) is 10.2. The molecule has 0 bridgehead atoms. The summed E-state index contributed by atoms with van der Waals surface area (Å²) in [6.07, 6.45) is 3.38. The van der Waals surface area contributed by atoms with Crippen molar-refractivity contribution in [3.8, 4) is 0 Å². The molecule has 0 radical (unpaired) electrons. The zero-order chi connectivity index (χ0) is 13.3. The summed E-state index contributed by atoms with van der Waals surface area (Å²) in [5, 5.41) is 3.26. The van der Waals surface area contributed by atoms with Gasteiger partial charge in [-0.05, 0) is 53.2 Å². The lowest BCUT2D eigenvalue weighted by Gasteiger charge is -2.16. The second-order valence-corrected chi connectivity index (χ2v) is 6.15. The van der Waals surface area contributed by atoms with Crippen LogP contribution in [0.25, 0.3) is 0 Å². The minimum atomic E-state index is -0.320. The molecule has 0 aromatic heterocycles. The third-order valence-corrected chi connectivity index (χ3v) is 4.40. The maximum absolute atomic E-state index is 14.1. The van der Waals surface area contributed by atoms with Gasteiger partial charge in [-0.3, -0.25) is 0 Å². The van der Waals surface area contributed by atoms with Gasteiger partial charge in [0.15, 0.2) is 5.82 Å². The molecule has 5 heteroatoms. The van der Waals surface area contributed by atoms with Gasteiger partial charge in [-0.2, -0.15) is 0 Å². The maximum atomic E-state index is 14.1. The maximum Gasteiger partial charge on any atom is 0.161 e. The Hall–Kier alpha value is -0.680. The molecule has 1 fully saturated rings. The lowest BCUT2D eigenvalue weighted by Crippen LogP contribution is -2.17. The summed E-state index contributed by atoms with van der Waals surface area (Å²) in [4.78, 5) is 0.196. The Morgan fingerprint density at radius 1 is 1.50 bits per heavy atom. The van der Waals surface area contributed by atoms with E-state index in [-0.39, 0.29) is 10.8 Å². The Morgan fingerprint density at radius 3 is 2.78 bits per heavy atom. The predicted octanol–water partition coefficient (Wildman–Crippen LogP) is 3.82. The topological polar surface area (TPSA) is 38.0 Å². The van der Waals surface area contributed by atoms with E-state index in [4.69, 9.17) is 18.0 Å². The number of nitrogens with one attached hydrogen (secondary N) is 1. The van der Waals surface area contributed by atoms with E-state index < -0.39 is 0 Å². The Morgan fingerprint density at radius 2 is 2.22 bits per heavy atom. The predicted molar refractivity (Wildman–Crippen MR) is 80.4 cm³/mol. The molecule has 2 atom stereocenters. The van der Waals surface area contributed by atoms with Crippen LogP contribution >= 0.6 is 28.1 Å². The average Bonchev–Trinajstić information content (AvgIpc) is 2.70. The Balaban J connectivity index is 2.19. The first kappa shape index (κ1) is 13.7. The summed E-state index contributed by atoms with van der Waals surface area (Å²) in [5.41, 5.74) is 6.58. The van der Waals surface area contributed by atoms with E-state index in [1.165, 1.54) is 6.42 Å². The van der Waals surface area contributed by atoms with Crippen LogP contribution in [0.15, 0.2) is 16.6 Å². The summed E-state index contributed by atoms with van der Waals surface area (Å²) in [7, 11) is 0. The first-order chi connectivity index (χ1) is 8.49. The molecular formula is C13H16BrFN2S. The van der Waals surface area contributed by atoms with Crippen molar-refractivity contribution in [1.82, 2.24) is 0 Å². The van der Waals surface area contributed by atoms with E-state index in [9.17, 15) is 4.39 Å². The Bertz CT molecular complexity index is 478. The van der Waals surface area contributed by atoms with Crippen molar-refractivity contribution >= 4 is 38.8 Å². The minimum absolute atomic E-state index is 0.196. The first-order valence-electron chi connectivity index (χ1n) is 6.03. The molecule has 1 saturated carbocycles. The van der Waals surface area contributed by atoms with E-state index in [0.717, 1.165) is 12.8 Å². The van der Waals surface area contributed by atoms with Gasteiger partial charge in [-0.15, -0.1) is 0 Å². The number of benzene rings is 1. The van der Waals surface area contributed by atoms with Gasteiger partial charge >= 0.3 is 0 Å². The van der Waals surface area contributed by atoms with Crippen LogP contribution in [0.3, 0.4) is 0 Å².